The third kappa shape index (κ3) is 14.9. The van der Waals surface area contributed by atoms with Crippen molar-refractivity contribution in [3.05, 3.63) is 30.3 Å². The first-order chi connectivity index (χ1) is 14.8. The second-order valence-electron chi connectivity index (χ2n) is 8.62. The molecule has 3 heteroatoms. The van der Waals surface area contributed by atoms with Gasteiger partial charge in [0, 0.05) is 18.0 Å². The number of amides is 1. The molecule has 0 spiro atoms. The molecule has 1 rings (SSSR count). The zero-order valence-electron chi connectivity index (χ0n) is 19.9. The van der Waals surface area contributed by atoms with E-state index in [9.17, 15) is 4.79 Å². The minimum Gasteiger partial charge on any atom is -0.333 e. The first kappa shape index (κ1) is 27.1. The number of unbranched alkanes of at least 4 members (excludes halogenated alkanes) is 14. The summed E-state index contributed by atoms with van der Waals surface area (Å²) in [5.74, 6) is 0. The Morgan fingerprint density at radius 1 is 0.633 bits per heavy atom. The number of carbonyl (C=O) groups is 1. The molecule has 0 bridgehead atoms. The lowest BCUT2D eigenvalue weighted by molar-refractivity contribution is 0.220. The van der Waals surface area contributed by atoms with E-state index < -0.39 is 0 Å². The first-order valence-electron chi connectivity index (χ1n) is 12.8. The lowest BCUT2D eigenvalue weighted by Crippen LogP contribution is -2.29. The molecule has 0 atom stereocenters. The fraction of sp³-hybridized carbons (Fsp3) is 0.741. The SMILES string of the molecule is CCCCCCCCCCN(CCCCCCCCCC)C(=O)Sc1ccccc1. The largest absolute Gasteiger partial charge is 0.333 e. The van der Waals surface area contributed by atoms with Crippen LogP contribution in [-0.2, 0) is 0 Å². The van der Waals surface area contributed by atoms with Crippen LogP contribution in [0.2, 0.25) is 0 Å². The molecule has 0 aliphatic rings. The van der Waals surface area contributed by atoms with Gasteiger partial charge in [-0.2, -0.15) is 0 Å². The van der Waals surface area contributed by atoms with Crippen molar-refractivity contribution >= 4 is 17.0 Å². The minimum absolute atomic E-state index is 0.229. The molecular formula is C27H47NOS. The van der Waals surface area contributed by atoms with E-state index in [1.807, 2.05) is 30.3 Å². The van der Waals surface area contributed by atoms with Crippen LogP contribution in [0, 0.1) is 0 Å². The Balaban J connectivity index is 2.29. The quantitative estimate of drug-likeness (QED) is 0.160. The van der Waals surface area contributed by atoms with Gasteiger partial charge in [-0.15, -0.1) is 0 Å². The molecule has 0 aliphatic heterocycles. The summed E-state index contributed by atoms with van der Waals surface area (Å²) >= 11 is 1.39. The van der Waals surface area contributed by atoms with Crippen LogP contribution < -0.4 is 0 Å². The van der Waals surface area contributed by atoms with E-state index in [4.69, 9.17) is 0 Å². The fourth-order valence-electron chi connectivity index (χ4n) is 3.82. The Hall–Kier alpha value is -0.960. The average Bonchev–Trinajstić information content (AvgIpc) is 2.76. The Bertz CT molecular complexity index is 485. The zero-order chi connectivity index (χ0) is 21.7. The lowest BCUT2D eigenvalue weighted by atomic mass is 10.1. The van der Waals surface area contributed by atoms with Gasteiger partial charge in [-0.05, 0) is 36.7 Å². The van der Waals surface area contributed by atoms with Gasteiger partial charge in [0.05, 0.1) is 0 Å². The van der Waals surface area contributed by atoms with Crippen LogP contribution in [0.5, 0.6) is 0 Å². The highest BCUT2D eigenvalue weighted by molar-refractivity contribution is 8.13. The normalized spacial score (nSPS) is 11.0. The highest BCUT2D eigenvalue weighted by Gasteiger charge is 2.14. The van der Waals surface area contributed by atoms with Gasteiger partial charge in [0.1, 0.15) is 0 Å². The first-order valence-corrected chi connectivity index (χ1v) is 13.6. The van der Waals surface area contributed by atoms with Gasteiger partial charge in [0.2, 0.25) is 0 Å². The molecule has 0 fully saturated rings. The average molecular weight is 434 g/mol. The molecule has 1 amide bonds. The summed E-state index contributed by atoms with van der Waals surface area (Å²) in [4.78, 5) is 16.0. The number of thioether (sulfide) groups is 1. The summed E-state index contributed by atoms with van der Waals surface area (Å²) in [5, 5.41) is 0.229. The Kier molecular flexibility index (Phi) is 18.0. The van der Waals surface area contributed by atoms with E-state index in [0.29, 0.717) is 0 Å². The van der Waals surface area contributed by atoms with E-state index in [0.717, 1.165) is 30.8 Å². The second kappa shape index (κ2) is 20.0. The van der Waals surface area contributed by atoms with Crippen molar-refractivity contribution in [3.63, 3.8) is 0 Å². The van der Waals surface area contributed by atoms with Gasteiger partial charge in [-0.1, -0.05) is 122 Å². The van der Waals surface area contributed by atoms with Gasteiger partial charge in [-0.3, -0.25) is 4.79 Å². The van der Waals surface area contributed by atoms with E-state index in [1.165, 1.54) is 102 Å². The standard InChI is InChI=1S/C27H47NOS/c1-3-5-7-9-11-13-15-20-24-28(25-21-16-14-12-10-8-6-4-2)27(29)30-26-22-18-17-19-23-26/h17-19,22-23H,3-16,20-21,24-25H2,1-2H3. The van der Waals surface area contributed by atoms with E-state index in [-0.39, 0.29) is 5.24 Å². The maximum atomic E-state index is 12.9. The molecular weight excluding hydrogens is 386 g/mol. The molecule has 30 heavy (non-hydrogen) atoms. The summed E-state index contributed by atoms with van der Waals surface area (Å²) in [7, 11) is 0. The van der Waals surface area contributed by atoms with Crippen molar-refractivity contribution in [2.45, 2.75) is 121 Å². The lowest BCUT2D eigenvalue weighted by Gasteiger charge is -2.22. The number of rotatable bonds is 19. The third-order valence-corrected chi connectivity index (χ3v) is 6.71. The maximum Gasteiger partial charge on any atom is 0.286 e. The molecule has 0 heterocycles. The Morgan fingerprint density at radius 2 is 1.03 bits per heavy atom. The Morgan fingerprint density at radius 3 is 1.47 bits per heavy atom. The van der Waals surface area contributed by atoms with E-state index >= 15 is 0 Å². The molecule has 2 nitrogen and oxygen atoms in total. The fourth-order valence-corrected chi connectivity index (χ4v) is 4.63. The molecule has 1 aromatic carbocycles. The molecule has 0 saturated heterocycles. The van der Waals surface area contributed by atoms with Gasteiger partial charge >= 0.3 is 0 Å². The maximum absolute atomic E-state index is 12.9. The second-order valence-corrected chi connectivity index (χ2v) is 9.64. The van der Waals surface area contributed by atoms with Crippen LogP contribution in [0.25, 0.3) is 0 Å². The molecule has 0 aliphatic carbocycles. The topological polar surface area (TPSA) is 20.3 Å². The summed E-state index contributed by atoms with van der Waals surface area (Å²) in [6.07, 6.45) is 21.0. The van der Waals surface area contributed by atoms with Crippen LogP contribution in [0.4, 0.5) is 4.79 Å². The van der Waals surface area contributed by atoms with Gasteiger partial charge in [0.25, 0.3) is 5.24 Å². The van der Waals surface area contributed by atoms with Crippen molar-refractivity contribution in [2.75, 3.05) is 13.1 Å². The van der Waals surface area contributed by atoms with Crippen molar-refractivity contribution in [3.8, 4) is 0 Å². The van der Waals surface area contributed by atoms with E-state index in [1.54, 1.807) is 0 Å². The molecule has 0 aromatic heterocycles. The van der Waals surface area contributed by atoms with Crippen molar-refractivity contribution in [2.24, 2.45) is 0 Å². The van der Waals surface area contributed by atoms with Crippen LogP contribution in [0.15, 0.2) is 35.2 Å². The smallest absolute Gasteiger partial charge is 0.286 e. The van der Waals surface area contributed by atoms with Crippen LogP contribution >= 0.6 is 11.8 Å². The van der Waals surface area contributed by atoms with Crippen molar-refractivity contribution in [1.29, 1.82) is 0 Å². The number of carbonyl (C=O) groups excluding carboxylic acids is 1. The van der Waals surface area contributed by atoms with Gasteiger partial charge < -0.3 is 4.90 Å². The Labute approximate surface area is 191 Å². The number of benzene rings is 1. The minimum atomic E-state index is 0.229. The number of hydrogen-bond acceptors (Lipinski definition) is 2. The van der Waals surface area contributed by atoms with Crippen molar-refractivity contribution < 1.29 is 4.79 Å². The van der Waals surface area contributed by atoms with Crippen LogP contribution in [-0.4, -0.2) is 23.2 Å². The highest BCUT2D eigenvalue weighted by atomic mass is 32.2. The third-order valence-electron chi connectivity index (χ3n) is 5.77. The summed E-state index contributed by atoms with van der Waals surface area (Å²) in [6, 6.07) is 10.1. The van der Waals surface area contributed by atoms with Crippen LogP contribution in [0.1, 0.15) is 117 Å². The molecule has 172 valence electrons. The van der Waals surface area contributed by atoms with Crippen LogP contribution in [0.3, 0.4) is 0 Å². The monoisotopic (exact) mass is 433 g/mol. The van der Waals surface area contributed by atoms with Gasteiger partial charge in [-0.25, -0.2) is 0 Å². The van der Waals surface area contributed by atoms with Crippen molar-refractivity contribution in [1.82, 2.24) is 4.90 Å². The zero-order valence-corrected chi connectivity index (χ0v) is 20.7. The highest BCUT2D eigenvalue weighted by Crippen LogP contribution is 2.22. The molecule has 0 saturated carbocycles. The number of hydrogen-bond donors (Lipinski definition) is 0. The van der Waals surface area contributed by atoms with Gasteiger partial charge in [0.15, 0.2) is 0 Å². The summed E-state index contributed by atoms with van der Waals surface area (Å²) in [6.45, 7) is 6.38. The van der Waals surface area contributed by atoms with E-state index in [2.05, 4.69) is 18.7 Å². The molecule has 0 N–H and O–H groups in total. The molecule has 0 unspecified atom stereocenters. The molecule has 0 radical (unpaired) electrons. The molecule has 1 aromatic rings. The predicted octanol–water partition coefficient (Wildman–Crippen LogP) is 9.48. The predicted molar refractivity (Wildman–Crippen MR) is 134 cm³/mol. The number of nitrogens with zero attached hydrogens (tertiary/aromatic N) is 1. The summed E-state index contributed by atoms with van der Waals surface area (Å²) < 4.78 is 0. The summed E-state index contributed by atoms with van der Waals surface area (Å²) in [5.41, 5.74) is 0.